The molecule has 0 saturated carbocycles. The quantitative estimate of drug-likeness (QED) is 0.0195. The Morgan fingerprint density at radius 1 is 0.410 bits per heavy atom. The van der Waals surface area contributed by atoms with E-state index < -0.39 is 26.5 Å². The van der Waals surface area contributed by atoms with Crippen LogP contribution < -0.4 is 4.89 Å². The minimum absolute atomic E-state index is 0.0316. The van der Waals surface area contributed by atoms with E-state index in [2.05, 4.69) is 86.8 Å². The van der Waals surface area contributed by atoms with Gasteiger partial charge in [0.1, 0.15) is 19.8 Å². The van der Waals surface area contributed by atoms with Gasteiger partial charge in [-0.25, -0.2) is 0 Å². The number of hydrogen-bond donors (Lipinski definition) is 0. The van der Waals surface area contributed by atoms with Crippen molar-refractivity contribution in [2.24, 2.45) is 0 Å². The van der Waals surface area contributed by atoms with Gasteiger partial charge in [0, 0.05) is 12.8 Å². The molecule has 0 aliphatic carbocycles. The molecule has 0 saturated heterocycles. The molecular formula is C68H124NO8P. The third kappa shape index (κ3) is 62.6. The lowest BCUT2D eigenvalue weighted by molar-refractivity contribution is -0.870. The van der Waals surface area contributed by atoms with Crippen molar-refractivity contribution in [1.29, 1.82) is 0 Å². The number of unbranched alkanes of at least 4 members (excludes halogenated alkanes) is 34. The van der Waals surface area contributed by atoms with E-state index in [0.717, 1.165) is 70.6 Å². The molecule has 0 bridgehead atoms. The number of phosphoric acid groups is 1. The molecule has 0 amide bonds. The van der Waals surface area contributed by atoms with Crippen molar-refractivity contribution >= 4 is 19.8 Å². The minimum Gasteiger partial charge on any atom is -0.756 e. The normalized spacial score (nSPS) is 13.7. The summed E-state index contributed by atoms with van der Waals surface area (Å²) in [5, 5.41) is 0. The summed E-state index contributed by atoms with van der Waals surface area (Å²) in [6, 6.07) is 0. The molecule has 2 atom stereocenters. The van der Waals surface area contributed by atoms with Crippen molar-refractivity contribution in [1.82, 2.24) is 0 Å². The zero-order valence-electron chi connectivity index (χ0n) is 51.6. The number of rotatable bonds is 60. The molecule has 78 heavy (non-hydrogen) atoms. The van der Waals surface area contributed by atoms with Crippen LogP contribution in [0.4, 0.5) is 0 Å². The summed E-state index contributed by atoms with van der Waals surface area (Å²) in [5.41, 5.74) is 0. The first kappa shape index (κ1) is 75.5. The van der Waals surface area contributed by atoms with Crippen LogP contribution in [0.1, 0.15) is 296 Å². The predicted molar refractivity (Wildman–Crippen MR) is 333 cm³/mol. The zero-order valence-corrected chi connectivity index (χ0v) is 52.5. The van der Waals surface area contributed by atoms with E-state index in [1.54, 1.807) is 0 Å². The molecule has 0 aromatic rings. The number of phosphoric ester groups is 1. The van der Waals surface area contributed by atoms with Crippen LogP contribution in [-0.4, -0.2) is 70.0 Å². The summed E-state index contributed by atoms with van der Waals surface area (Å²) in [7, 11) is 1.17. The molecule has 0 rings (SSSR count). The second kappa shape index (κ2) is 59.1. The maximum absolute atomic E-state index is 12.8. The SMILES string of the molecule is CC/C=C\C/C=C\C/C=C\C/C=C\CCCCCCCCCCCCCCCCCCCCC(=O)OC(COC(=O)CCCCCCCCCCCCC/C=C\C/C=C\CCCCCCC)COP(=O)([O-])OCC[N+](C)(C)C. The van der Waals surface area contributed by atoms with Crippen LogP contribution in [0.3, 0.4) is 0 Å². The predicted octanol–water partition coefficient (Wildman–Crippen LogP) is 20.2. The van der Waals surface area contributed by atoms with Gasteiger partial charge in [-0.2, -0.15) is 0 Å². The Balaban J connectivity index is 4.06. The molecule has 2 unspecified atom stereocenters. The van der Waals surface area contributed by atoms with Gasteiger partial charge < -0.3 is 27.9 Å². The second-order valence-corrected chi connectivity index (χ2v) is 24.5. The van der Waals surface area contributed by atoms with Crippen LogP contribution in [0.15, 0.2) is 72.9 Å². The number of quaternary nitrogens is 1. The molecule has 0 spiro atoms. The third-order valence-electron chi connectivity index (χ3n) is 14.2. The van der Waals surface area contributed by atoms with Gasteiger partial charge in [0.25, 0.3) is 7.82 Å². The van der Waals surface area contributed by atoms with Crippen LogP contribution in [0.2, 0.25) is 0 Å². The Kier molecular flexibility index (Phi) is 57.2. The lowest BCUT2D eigenvalue weighted by Crippen LogP contribution is -2.37. The lowest BCUT2D eigenvalue weighted by atomic mass is 10.0. The number of carbonyl (C=O) groups is 2. The standard InChI is InChI=1S/C68H124NO8P/c1-6-8-10-12-14-16-18-20-22-24-26-28-30-31-32-33-34-35-36-37-39-41-43-45-47-49-51-53-55-57-59-61-68(71)77-66(65-76-78(72,73)75-63-62-69(3,4)5)64-74-67(70)60-58-56-54-52-50-48-46-44-42-40-38-29-27-25-23-21-19-17-15-13-11-9-7-2/h8,10,14,16,19-22,25-28,66H,6-7,9,11-13,15,17-18,23-24,29-65H2,1-5H3/b10-8-,16-14-,21-19-,22-20-,27-25-,28-26-. The van der Waals surface area contributed by atoms with E-state index in [-0.39, 0.29) is 32.0 Å². The number of nitrogens with zero attached hydrogens (tertiary/aromatic N) is 1. The summed E-state index contributed by atoms with van der Waals surface area (Å²) >= 11 is 0. The Labute approximate surface area is 482 Å². The number of ether oxygens (including phenoxy) is 2. The van der Waals surface area contributed by atoms with Gasteiger partial charge >= 0.3 is 11.9 Å². The fourth-order valence-electron chi connectivity index (χ4n) is 9.21. The molecule has 0 heterocycles. The number of allylic oxidation sites excluding steroid dienone is 12. The van der Waals surface area contributed by atoms with Crippen molar-refractivity contribution in [2.75, 3.05) is 47.5 Å². The van der Waals surface area contributed by atoms with Crippen molar-refractivity contribution < 1.29 is 42.1 Å². The zero-order chi connectivity index (χ0) is 57.0. The summed E-state index contributed by atoms with van der Waals surface area (Å²) in [6.07, 6.45) is 78.2. The highest BCUT2D eigenvalue weighted by atomic mass is 31.2. The van der Waals surface area contributed by atoms with Crippen LogP contribution in [0, 0.1) is 0 Å². The summed E-state index contributed by atoms with van der Waals surface area (Å²) in [5.74, 6) is -0.825. The largest absolute Gasteiger partial charge is 0.756 e. The number of hydrogen-bond acceptors (Lipinski definition) is 8. The Bertz CT molecular complexity index is 1550. The van der Waals surface area contributed by atoms with Gasteiger partial charge in [-0.3, -0.25) is 14.2 Å². The maximum atomic E-state index is 12.8. The number of carbonyl (C=O) groups excluding carboxylic acids is 2. The molecular weight excluding hydrogens is 990 g/mol. The van der Waals surface area contributed by atoms with E-state index in [1.165, 1.54) is 193 Å². The average molecular weight is 1110 g/mol. The lowest BCUT2D eigenvalue weighted by Gasteiger charge is -2.28. The molecule has 0 aliphatic heterocycles. The van der Waals surface area contributed by atoms with Crippen LogP contribution >= 0.6 is 7.82 Å². The van der Waals surface area contributed by atoms with E-state index in [0.29, 0.717) is 17.4 Å². The Hall–Kier alpha value is -2.55. The summed E-state index contributed by atoms with van der Waals surface area (Å²) in [6.45, 7) is 4.15. The topological polar surface area (TPSA) is 111 Å². The molecule has 0 aliphatic rings. The Morgan fingerprint density at radius 2 is 0.731 bits per heavy atom. The van der Waals surface area contributed by atoms with Crippen molar-refractivity contribution in [3.8, 4) is 0 Å². The molecule has 0 aromatic heterocycles. The summed E-state index contributed by atoms with van der Waals surface area (Å²) in [4.78, 5) is 38.0. The van der Waals surface area contributed by atoms with Crippen LogP contribution in [0.25, 0.3) is 0 Å². The van der Waals surface area contributed by atoms with Gasteiger partial charge in [-0.05, 0) is 83.5 Å². The van der Waals surface area contributed by atoms with E-state index in [9.17, 15) is 19.0 Å². The molecule has 9 nitrogen and oxygen atoms in total. The first-order chi connectivity index (χ1) is 38.0. The highest BCUT2D eigenvalue weighted by Crippen LogP contribution is 2.38. The van der Waals surface area contributed by atoms with Gasteiger partial charge in [-0.15, -0.1) is 0 Å². The molecule has 0 N–H and O–H groups in total. The van der Waals surface area contributed by atoms with Crippen molar-refractivity contribution in [3.63, 3.8) is 0 Å². The number of esters is 2. The molecule has 10 heteroatoms. The monoisotopic (exact) mass is 1110 g/mol. The molecule has 0 radical (unpaired) electrons. The van der Waals surface area contributed by atoms with Crippen molar-refractivity contribution in [3.05, 3.63) is 72.9 Å². The molecule has 0 aromatic carbocycles. The Morgan fingerprint density at radius 3 is 1.09 bits per heavy atom. The maximum Gasteiger partial charge on any atom is 0.306 e. The van der Waals surface area contributed by atoms with Gasteiger partial charge in [0.05, 0.1) is 27.7 Å². The van der Waals surface area contributed by atoms with Crippen molar-refractivity contribution in [2.45, 2.75) is 302 Å². The van der Waals surface area contributed by atoms with Crippen LogP contribution in [0.5, 0.6) is 0 Å². The van der Waals surface area contributed by atoms with Gasteiger partial charge in [0.2, 0.25) is 0 Å². The first-order valence-electron chi connectivity index (χ1n) is 32.6. The first-order valence-corrected chi connectivity index (χ1v) is 34.1. The highest BCUT2D eigenvalue weighted by Gasteiger charge is 2.22. The van der Waals surface area contributed by atoms with E-state index in [1.807, 2.05) is 21.1 Å². The second-order valence-electron chi connectivity index (χ2n) is 23.1. The fraction of sp³-hybridized carbons (Fsp3) is 0.794. The fourth-order valence-corrected chi connectivity index (χ4v) is 9.94. The third-order valence-corrected chi connectivity index (χ3v) is 15.2. The van der Waals surface area contributed by atoms with E-state index >= 15 is 0 Å². The summed E-state index contributed by atoms with van der Waals surface area (Å²) < 4.78 is 34.3. The minimum atomic E-state index is -4.64. The van der Waals surface area contributed by atoms with Crippen LogP contribution in [-0.2, 0) is 32.7 Å². The number of likely N-dealkylation sites (N-methyl/N-ethyl adjacent to an activating group) is 1. The molecule has 454 valence electrons. The van der Waals surface area contributed by atoms with Gasteiger partial charge in [-0.1, -0.05) is 273 Å². The van der Waals surface area contributed by atoms with Gasteiger partial charge in [0.15, 0.2) is 6.10 Å². The molecule has 0 fully saturated rings. The average Bonchev–Trinajstić information content (AvgIpc) is 3.40. The smallest absolute Gasteiger partial charge is 0.306 e. The highest BCUT2D eigenvalue weighted by molar-refractivity contribution is 7.45. The van der Waals surface area contributed by atoms with E-state index in [4.69, 9.17) is 18.5 Å².